The molecular formula is C64H54BBrCl2N6O3. The minimum absolute atomic E-state index is 0.440. The van der Waals surface area contributed by atoms with Gasteiger partial charge in [0.25, 0.3) is 0 Å². The molecule has 8 aromatic carbocycles. The highest BCUT2D eigenvalue weighted by Gasteiger charge is 2.52. The van der Waals surface area contributed by atoms with Gasteiger partial charge in [0.1, 0.15) is 0 Å². The molecule has 2 aromatic heterocycles. The largest absolute Gasteiger partial charge is 0.495 e. The Kier molecular flexibility index (Phi) is 16.6. The van der Waals surface area contributed by atoms with E-state index in [4.69, 9.17) is 67.2 Å². The van der Waals surface area contributed by atoms with Crippen molar-refractivity contribution >= 4 is 51.7 Å². The summed E-state index contributed by atoms with van der Waals surface area (Å²) < 4.78 is 18.7. The van der Waals surface area contributed by atoms with E-state index in [0.717, 1.165) is 78.8 Å². The molecule has 2 saturated heterocycles. The molecule has 0 bridgehead atoms. The number of rotatable bonds is 9. The third kappa shape index (κ3) is 12.8. The maximum atomic E-state index is 6.46. The van der Waals surface area contributed by atoms with E-state index in [9.17, 15) is 0 Å². The Bertz CT molecular complexity index is 3460. The number of nitrogens with zero attached hydrogens (tertiary/aromatic N) is 6. The normalized spacial score (nSPS) is 14.2. The summed E-state index contributed by atoms with van der Waals surface area (Å²) in [5.74, 6) is 3.80. The fourth-order valence-electron chi connectivity index (χ4n) is 8.66. The third-order valence-corrected chi connectivity index (χ3v) is 14.7. The minimum atomic E-state index is -0.498. The van der Waals surface area contributed by atoms with Crippen molar-refractivity contribution in [3.63, 3.8) is 0 Å². The molecule has 0 spiro atoms. The van der Waals surface area contributed by atoms with Crippen molar-refractivity contribution < 1.29 is 14.0 Å². The van der Waals surface area contributed by atoms with Gasteiger partial charge in [0, 0.05) is 61.1 Å². The summed E-state index contributed by atoms with van der Waals surface area (Å²) in [5, 5.41) is 1.35. The molecule has 0 radical (unpaired) electrons. The van der Waals surface area contributed by atoms with Gasteiger partial charge < -0.3 is 14.0 Å². The monoisotopic (exact) mass is 1110 g/mol. The van der Waals surface area contributed by atoms with E-state index >= 15 is 0 Å². The maximum absolute atomic E-state index is 6.46. The van der Waals surface area contributed by atoms with E-state index < -0.39 is 18.3 Å². The van der Waals surface area contributed by atoms with Crippen LogP contribution in [0.3, 0.4) is 0 Å². The first-order chi connectivity index (χ1) is 37.4. The summed E-state index contributed by atoms with van der Waals surface area (Å²) in [5.41, 5.74) is 9.70. The van der Waals surface area contributed by atoms with E-state index in [2.05, 4.69) is 67.9 Å². The van der Waals surface area contributed by atoms with Crippen molar-refractivity contribution in [2.45, 2.75) is 51.7 Å². The highest BCUT2D eigenvalue weighted by molar-refractivity contribution is 9.10. The molecule has 77 heavy (non-hydrogen) atoms. The quantitative estimate of drug-likeness (QED) is 0.131. The first-order valence-electron chi connectivity index (χ1n) is 25.5. The molecule has 12 rings (SSSR count). The molecule has 0 saturated carbocycles. The lowest BCUT2D eigenvalue weighted by Crippen LogP contribution is -2.41. The SMILES string of the molecule is C1CCOC1.CC1(C)OB(c2ccc(Cl)cc2-c2ccc(-c3nc(-c4ccccc4)nc(-c4ccccc4)n3)cc2)OC1(C)C.Clc1ccc(Br)c(-c2ccc(-c3nc(-c4ccccc4)nc(-c4ccccc4)n3)cc2)c1. The van der Waals surface area contributed by atoms with Crippen LogP contribution in [-0.2, 0) is 14.0 Å². The van der Waals surface area contributed by atoms with Crippen molar-refractivity contribution in [2.24, 2.45) is 0 Å². The van der Waals surface area contributed by atoms with Gasteiger partial charge >= 0.3 is 7.12 Å². The molecule has 4 heterocycles. The van der Waals surface area contributed by atoms with Crippen LogP contribution in [-0.4, -0.2) is 61.4 Å². The molecular weight excluding hydrogens is 1060 g/mol. The number of aromatic nitrogens is 6. The fourth-order valence-corrected chi connectivity index (χ4v) is 9.48. The predicted octanol–water partition coefficient (Wildman–Crippen LogP) is 16.2. The fraction of sp³-hybridized carbons (Fsp3) is 0.156. The lowest BCUT2D eigenvalue weighted by atomic mass is 9.74. The van der Waals surface area contributed by atoms with E-state index in [1.807, 2.05) is 182 Å². The Morgan fingerprint density at radius 2 is 0.675 bits per heavy atom. The van der Waals surface area contributed by atoms with Crippen molar-refractivity contribution in [3.8, 4) is 90.6 Å². The zero-order valence-electron chi connectivity index (χ0n) is 43.1. The summed E-state index contributed by atoms with van der Waals surface area (Å²) in [6.45, 7) is 10.2. The molecule has 0 amide bonds. The first-order valence-corrected chi connectivity index (χ1v) is 27.1. The molecule has 0 atom stereocenters. The lowest BCUT2D eigenvalue weighted by Gasteiger charge is -2.32. The Hall–Kier alpha value is -7.22. The van der Waals surface area contributed by atoms with Crippen LogP contribution in [0.5, 0.6) is 0 Å². The minimum Gasteiger partial charge on any atom is -0.399 e. The van der Waals surface area contributed by atoms with E-state index in [0.29, 0.717) is 45.0 Å². The van der Waals surface area contributed by atoms with Gasteiger partial charge in [-0.05, 0) is 98.6 Å². The van der Waals surface area contributed by atoms with Crippen LogP contribution in [0.1, 0.15) is 40.5 Å². The zero-order chi connectivity index (χ0) is 53.4. The van der Waals surface area contributed by atoms with Gasteiger partial charge in [-0.1, -0.05) is 215 Å². The van der Waals surface area contributed by atoms with Gasteiger partial charge in [-0.2, -0.15) is 0 Å². The van der Waals surface area contributed by atoms with Crippen LogP contribution in [0.4, 0.5) is 0 Å². The molecule has 382 valence electrons. The maximum Gasteiger partial charge on any atom is 0.495 e. The average Bonchev–Trinajstić information content (AvgIpc) is 4.14. The molecule has 0 aliphatic carbocycles. The van der Waals surface area contributed by atoms with Crippen LogP contribution < -0.4 is 5.46 Å². The zero-order valence-corrected chi connectivity index (χ0v) is 46.2. The Morgan fingerprint density at radius 1 is 0.377 bits per heavy atom. The number of halogens is 3. The van der Waals surface area contributed by atoms with Crippen LogP contribution in [0, 0.1) is 0 Å². The molecule has 10 aromatic rings. The van der Waals surface area contributed by atoms with Gasteiger partial charge in [0.15, 0.2) is 34.9 Å². The number of benzene rings is 8. The third-order valence-electron chi connectivity index (χ3n) is 13.6. The topological polar surface area (TPSA) is 105 Å². The van der Waals surface area contributed by atoms with Crippen LogP contribution in [0.2, 0.25) is 10.0 Å². The number of hydrogen-bond donors (Lipinski definition) is 0. The van der Waals surface area contributed by atoms with Crippen LogP contribution in [0.25, 0.3) is 90.6 Å². The predicted molar refractivity (Wildman–Crippen MR) is 317 cm³/mol. The molecule has 2 aliphatic heterocycles. The van der Waals surface area contributed by atoms with Crippen LogP contribution >= 0.6 is 39.1 Å². The average molecular weight is 1120 g/mol. The molecule has 0 N–H and O–H groups in total. The highest BCUT2D eigenvalue weighted by Crippen LogP contribution is 2.38. The second-order valence-electron chi connectivity index (χ2n) is 19.5. The molecule has 2 aliphatic rings. The van der Waals surface area contributed by atoms with Crippen LogP contribution in [0.15, 0.2) is 211 Å². The van der Waals surface area contributed by atoms with Gasteiger partial charge in [-0.25, -0.2) is 29.9 Å². The van der Waals surface area contributed by atoms with Crippen molar-refractivity contribution in [1.82, 2.24) is 29.9 Å². The molecule has 9 nitrogen and oxygen atoms in total. The standard InChI is InChI=1S/C33H29BClN3O2.C27H17BrClN3.C4H8O/c1-32(2)33(3,4)40-34(39-32)28-20-19-26(35)21-27(28)22-15-17-25(18-16-22)31-37-29(23-11-7-5-8-12-23)36-30(38-31)24-13-9-6-10-14-24;28-24-16-15-22(29)17-23(24)18-11-13-21(14-12-18)27-31-25(19-7-3-1-4-8-19)30-26(32-27)20-9-5-2-6-10-20;1-2-4-5-3-1/h5-21H,1-4H3;1-17H;1-4H2. The van der Waals surface area contributed by atoms with E-state index in [1.54, 1.807) is 0 Å². The smallest absolute Gasteiger partial charge is 0.399 e. The Labute approximate surface area is 469 Å². The first kappa shape index (κ1) is 53.2. The highest BCUT2D eigenvalue weighted by atomic mass is 79.9. The van der Waals surface area contributed by atoms with E-state index in [-0.39, 0.29) is 0 Å². The van der Waals surface area contributed by atoms with Gasteiger partial charge in [0.05, 0.1) is 11.2 Å². The summed E-state index contributed by atoms with van der Waals surface area (Å²) in [6, 6.07) is 67.8. The number of ether oxygens (including phenoxy) is 1. The molecule has 2 fully saturated rings. The molecule has 0 unspecified atom stereocenters. The Morgan fingerprint density at radius 3 is 1.01 bits per heavy atom. The second-order valence-corrected chi connectivity index (χ2v) is 21.2. The van der Waals surface area contributed by atoms with E-state index in [1.165, 1.54) is 12.8 Å². The summed E-state index contributed by atoms with van der Waals surface area (Å²) in [4.78, 5) is 28.8. The lowest BCUT2D eigenvalue weighted by molar-refractivity contribution is 0.00578. The summed E-state index contributed by atoms with van der Waals surface area (Å²) in [7, 11) is -0.498. The summed E-state index contributed by atoms with van der Waals surface area (Å²) >= 11 is 16.3. The second kappa shape index (κ2) is 24.0. The van der Waals surface area contributed by atoms with Crippen molar-refractivity contribution in [1.29, 1.82) is 0 Å². The van der Waals surface area contributed by atoms with Gasteiger partial charge in [0.2, 0.25) is 0 Å². The summed E-state index contributed by atoms with van der Waals surface area (Å²) in [6.07, 6.45) is 2.56. The van der Waals surface area contributed by atoms with Gasteiger partial charge in [-0.15, -0.1) is 0 Å². The Balaban J connectivity index is 0.000000163. The number of hydrogen-bond acceptors (Lipinski definition) is 9. The van der Waals surface area contributed by atoms with Crippen molar-refractivity contribution in [2.75, 3.05) is 13.2 Å². The molecule has 13 heteroatoms. The van der Waals surface area contributed by atoms with Gasteiger partial charge in [-0.3, -0.25) is 0 Å². The van der Waals surface area contributed by atoms with Crippen molar-refractivity contribution in [3.05, 3.63) is 221 Å².